The van der Waals surface area contributed by atoms with Crippen molar-refractivity contribution in [3.63, 3.8) is 0 Å². The molecule has 1 unspecified atom stereocenters. The van der Waals surface area contributed by atoms with E-state index in [4.69, 9.17) is 4.78 Å². The van der Waals surface area contributed by atoms with E-state index in [1.54, 1.807) is 18.2 Å². The van der Waals surface area contributed by atoms with Crippen molar-refractivity contribution in [3.8, 4) is 11.1 Å². The SMILES string of the molecule is N=S(=O)(c1ccc(-c2ccc3c(c2)CNC3=O)cc1)C1CCC(Nc2ccc(S(F)(F)(F)(F)F)cc2)CC1. The summed E-state index contributed by atoms with van der Waals surface area (Å²) in [5.74, 6) is -0.0918. The second kappa shape index (κ2) is 8.44. The van der Waals surface area contributed by atoms with Crippen LogP contribution in [-0.4, -0.2) is 21.4 Å². The van der Waals surface area contributed by atoms with E-state index >= 15 is 0 Å². The Kier molecular flexibility index (Phi) is 5.88. The van der Waals surface area contributed by atoms with Crippen LogP contribution in [0.25, 0.3) is 11.1 Å². The lowest BCUT2D eigenvalue weighted by atomic mass is 9.95. The van der Waals surface area contributed by atoms with Crippen LogP contribution in [-0.2, 0) is 16.3 Å². The molecule has 0 radical (unpaired) electrons. The summed E-state index contributed by atoms with van der Waals surface area (Å²) in [7, 11) is -12.8. The van der Waals surface area contributed by atoms with Gasteiger partial charge in [-0.25, -0.2) is 8.99 Å². The third-order valence-corrected chi connectivity index (χ3v) is 10.7. The molecule has 1 heterocycles. The van der Waals surface area contributed by atoms with E-state index in [2.05, 4.69) is 10.6 Å². The van der Waals surface area contributed by atoms with Gasteiger partial charge in [0.15, 0.2) is 0 Å². The first-order valence-corrected chi connectivity index (χ1v) is 15.6. The van der Waals surface area contributed by atoms with Crippen molar-refractivity contribution in [1.82, 2.24) is 5.32 Å². The molecule has 5 rings (SSSR count). The van der Waals surface area contributed by atoms with Gasteiger partial charge < -0.3 is 10.6 Å². The molecule has 0 spiro atoms. The number of benzene rings is 3. The highest BCUT2D eigenvalue weighted by Crippen LogP contribution is 3.02. The number of carbonyl (C=O) groups is 1. The number of fused-ring (bicyclic) bond motifs is 1. The standard InChI is InChI=1S/C26H26F5N3O2S2/c27-38(28,29,30,31)24-12-6-21(7-13-24)34-20-4-10-23(11-5-20)37(32,36)22-8-1-17(2-9-22)18-3-14-25-19(15-18)16-33-26(25)35/h1-3,6-9,12-15,20,23,32,34H,4-5,10-11,16H2,(H,33,35). The molecule has 3 N–H and O–H groups in total. The van der Waals surface area contributed by atoms with Crippen LogP contribution in [0.5, 0.6) is 0 Å². The first kappa shape index (κ1) is 26.5. The molecule has 0 saturated heterocycles. The molecule has 3 aromatic carbocycles. The van der Waals surface area contributed by atoms with Gasteiger partial charge in [-0.1, -0.05) is 37.6 Å². The molecule has 5 nitrogen and oxygen atoms in total. The Bertz CT molecular complexity index is 1500. The minimum atomic E-state index is -9.71. The van der Waals surface area contributed by atoms with Gasteiger partial charge in [0.05, 0.1) is 9.73 Å². The molecule has 204 valence electrons. The van der Waals surface area contributed by atoms with E-state index in [1.807, 2.05) is 24.3 Å². The minimum Gasteiger partial charge on any atom is -0.382 e. The normalized spacial score (nSPS) is 22.9. The van der Waals surface area contributed by atoms with Gasteiger partial charge in [-0.15, -0.1) is 0 Å². The number of amides is 1. The van der Waals surface area contributed by atoms with Gasteiger partial charge in [0.2, 0.25) is 0 Å². The summed E-state index contributed by atoms with van der Waals surface area (Å²) in [6, 6.07) is 15.2. The molecule has 2 aliphatic rings. The zero-order chi connectivity index (χ0) is 27.4. The lowest BCUT2D eigenvalue weighted by molar-refractivity contribution is 0.0965. The molecule has 0 bridgehead atoms. The van der Waals surface area contributed by atoms with E-state index < -0.39 is 24.8 Å². The number of hydrogen-bond acceptors (Lipinski definition) is 4. The van der Waals surface area contributed by atoms with Gasteiger partial charge in [-0.3, -0.25) is 4.79 Å². The first-order chi connectivity index (χ1) is 17.6. The maximum absolute atomic E-state index is 13.5. The summed E-state index contributed by atoms with van der Waals surface area (Å²) in [5, 5.41) is 5.47. The molecule has 12 heteroatoms. The fraction of sp³-hybridized carbons (Fsp3) is 0.269. The fourth-order valence-electron chi connectivity index (χ4n) is 5.04. The van der Waals surface area contributed by atoms with Crippen LogP contribution in [0.2, 0.25) is 0 Å². The van der Waals surface area contributed by atoms with E-state index in [-0.39, 0.29) is 17.2 Å². The molecule has 1 atom stereocenters. The Hall–Kier alpha value is -3.12. The van der Waals surface area contributed by atoms with Gasteiger partial charge in [0, 0.05) is 34.0 Å². The smallest absolute Gasteiger partial charge is 0.310 e. The first-order valence-electron chi connectivity index (χ1n) is 12.0. The van der Waals surface area contributed by atoms with Crippen molar-refractivity contribution in [3.05, 3.63) is 77.9 Å². The van der Waals surface area contributed by atoms with Gasteiger partial charge in [-0.2, -0.15) is 0 Å². The second-order valence-electron chi connectivity index (χ2n) is 9.79. The molecule has 1 aliphatic carbocycles. The summed E-state index contributed by atoms with van der Waals surface area (Å²) < 4.78 is 86.7. The van der Waals surface area contributed by atoms with Crippen molar-refractivity contribution < 1.29 is 28.4 Å². The van der Waals surface area contributed by atoms with Crippen molar-refractivity contribution in [2.24, 2.45) is 0 Å². The molecule has 38 heavy (non-hydrogen) atoms. The van der Waals surface area contributed by atoms with Gasteiger partial charge in [0.25, 0.3) is 5.91 Å². The third-order valence-electron chi connectivity index (χ3n) is 7.14. The predicted octanol–water partition coefficient (Wildman–Crippen LogP) is 8.08. The van der Waals surface area contributed by atoms with E-state index in [0.717, 1.165) is 28.8 Å². The molecule has 1 aliphatic heterocycles. The summed E-state index contributed by atoms with van der Waals surface area (Å²) in [6.07, 6.45) is 2.06. The van der Waals surface area contributed by atoms with Crippen molar-refractivity contribution in [1.29, 1.82) is 4.78 Å². The monoisotopic (exact) mass is 571 g/mol. The van der Waals surface area contributed by atoms with E-state index in [0.29, 0.717) is 60.5 Å². The predicted molar refractivity (Wildman–Crippen MR) is 140 cm³/mol. The number of halogens is 5. The number of hydrogen-bond donors (Lipinski definition) is 3. The lowest BCUT2D eigenvalue weighted by Crippen LogP contribution is -2.32. The molecule has 1 amide bonds. The van der Waals surface area contributed by atoms with E-state index in [9.17, 15) is 28.4 Å². The Labute approximate surface area is 217 Å². The van der Waals surface area contributed by atoms with Crippen LogP contribution in [0.3, 0.4) is 0 Å². The molecule has 0 aromatic heterocycles. The summed E-state index contributed by atoms with van der Waals surface area (Å²) >= 11 is 0. The van der Waals surface area contributed by atoms with Gasteiger partial charge in [-0.05, 0) is 90.9 Å². The molecule has 1 saturated carbocycles. The van der Waals surface area contributed by atoms with Crippen molar-refractivity contribution in [2.45, 2.75) is 53.3 Å². The van der Waals surface area contributed by atoms with Crippen molar-refractivity contribution >= 4 is 31.5 Å². The van der Waals surface area contributed by atoms with Crippen LogP contribution in [0.15, 0.2) is 76.5 Å². The molecule has 3 aromatic rings. The summed E-state index contributed by atoms with van der Waals surface area (Å²) in [5.41, 5.74) is 3.68. The van der Waals surface area contributed by atoms with Crippen LogP contribution in [0.1, 0.15) is 41.6 Å². The van der Waals surface area contributed by atoms with Crippen LogP contribution < -0.4 is 10.6 Å². The highest BCUT2D eigenvalue weighted by atomic mass is 32.5. The molecule has 1 fully saturated rings. The highest BCUT2D eigenvalue weighted by Gasteiger charge is 2.65. The number of rotatable bonds is 6. The topological polar surface area (TPSA) is 82.1 Å². The third kappa shape index (κ3) is 5.37. The number of anilines is 1. The molecular formula is C26H26F5N3O2S2. The zero-order valence-corrected chi connectivity index (χ0v) is 21.7. The Morgan fingerprint density at radius 3 is 2.05 bits per heavy atom. The van der Waals surface area contributed by atoms with E-state index in [1.165, 1.54) is 0 Å². The van der Waals surface area contributed by atoms with Crippen LogP contribution in [0, 0.1) is 4.78 Å². The summed E-state index contributed by atoms with van der Waals surface area (Å²) in [4.78, 5) is 10.3. The number of carbonyl (C=O) groups excluding carboxylic acids is 1. The summed E-state index contributed by atoms with van der Waals surface area (Å²) in [6.45, 7) is 0.480. The average molecular weight is 572 g/mol. The maximum atomic E-state index is 13.5. The van der Waals surface area contributed by atoms with Crippen LogP contribution >= 0.6 is 10.2 Å². The number of nitrogens with one attached hydrogen (secondary N) is 3. The highest BCUT2D eigenvalue weighted by molar-refractivity contribution is 8.45. The zero-order valence-electron chi connectivity index (χ0n) is 20.1. The average Bonchev–Trinajstić information content (AvgIpc) is 3.23. The molecular weight excluding hydrogens is 545 g/mol. The minimum absolute atomic E-state index is 0.0918. The van der Waals surface area contributed by atoms with Gasteiger partial charge >= 0.3 is 10.2 Å². The Morgan fingerprint density at radius 2 is 1.45 bits per heavy atom. The maximum Gasteiger partial charge on any atom is 0.310 e. The van der Waals surface area contributed by atoms with Crippen LogP contribution in [0.4, 0.5) is 25.1 Å². The fourth-order valence-corrected chi connectivity index (χ4v) is 7.55. The van der Waals surface area contributed by atoms with Gasteiger partial charge in [0.1, 0.15) is 4.90 Å². The largest absolute Gasteiger partial charge is 0.382 e. The Balaban J connectivity index is 1.21. The second-order valence-corrected chi connectivity index (χ2v) is 14.5. The van der Waals surface area contributed by atoms with Crippen molar-refractivity contribution in [2.75, 3.05) is 5.32 Å². The lowest BCUT2D eigenvalue weighted by Gasteiger charge is -2.40. The Morgan fingerprint density at radius 1 is 0.842 bits per heavy atom. The quantitative estimate of drug-likeness (QED) is 0.262.